The number of hydrogen-bond donors (Lipinski definition) is 1. The number of nitrogens with zero attached hydrogens (tertiary/aromatic N) is 4. The number of carbonyl (C=O) groups is 2. The number of amides is 1. The fourth-order valence-electron chi connectivity index (χ4n) is 3.45. The molecule has 4 rings (SSSR count). The Morgan fingerprint density at radius 2 is 1.91 bits per heavy atom. The summed E-state index contributed by atoms with van der Waals surface area (Å²) in [5.74, 6) is 0.423. The van der Waals surface area contributed by atoms with Gasteiger partial charge in [0.25, 0.3) is 5.91 Å². The van der Waals surface area contributed by atoms with Crippen LogP contribution in [0, 0.1) is 0 Å². The lowest BCUT2D eigenvalue weighted by molar-refractivity contribution is 0.0528. The van der Waals surface area contributed by atoms with E-state index in [0.29, 0.717) is 45.2 Å². The Balaban J connectivity index is 1.63. The first-order chi connectivity index (χ1) is 15.9. The molecule has 0 saturated carbocycles. The van der Waals surface area contributed by atoms with Gasteiger partial charge in [0, 0.05) is 24.5 Å². The number of ether oxygens (including phenoxy) is 3. The van der Waals surface area contributed by atoms with Crippen LogP contribution in [0.3, 0.4) is 0 Å². The highest BCUT2D eigenvalue weighted by Crippen LogP contribution is 2.33. The Bertz CT molecular complexity index is 1340. The zero-order valence-corrected chi connectivity index (χ0v) is 18.7. The predicted octanol–water partition coefficient (Wildman–Crippen LogP) is 3.18. The SMILES string of the molecule is CCOC(=O)c1cnn2ccc(NC(=O)c3cc(-c4cc(OC)ccc4OC)nn3C)cc12. The highest BCUT2D eigenvalue weighted by Gasteiger charge is 2.19. The number of hydrogen-bond acceptors (Lipinski definition) is 7. The van der Waals surface area contributed by atoms with Gasteiger partial charge in [-0.1, -0.05) is 0 Å². The summed E-state index contributed by atoms with van der Waals surface area (Å²) >= 11 is 0. The van der Waals surface area contributed by atoms with Gasteiger partial charge in [0.05, 0.1) is 38.2 Å². The number of aryl methyl sites for hydroxylation is 1. The number of aromatic nitrogens is 4. The molecule has 4 aromatic rings. The molecule has 170 valence electrons. The second kappa shape index (κ2) is 9.03. The average molecular weight is 449 g/mol. The summed E-state index contributed by atoms with van der Waals surface area (Å²) in [6.45, 7) is 1.99. The van der Waals surface area contributed by atoms with E-state index >= 15 is 0 Å². The molecule has 1 amide bonds. The van der Waals surface area contributed by atoms with Crippen molar-refractivity contribution in [3.8, 4) is 22.8 Å². The molecule has 10 nitrogen and oxygen atoms in total. The standard InChI is InChI=1S/C23H23N5O5/c1-5-33-23(30)17-13-24-28-9-8-14(10-19(17)28)25-22(29)20-12-18(26-27(20)2)16-11-15(31-3)6-7-21(16)32-4/h6-13H,5H2,1-4H3,(H,25,29). The Labute approximate surface area is 189 Å². The van der Waals surface area contributed by atoms with Crippen LogP contribution in [0.1, 0.15) is 27.8 Å². The van der Waals surface area contributed by atoms with Crippen LogP contribution in [0.5, 0.6) is 11.5 Å². The van der Waals surface area contributed by atoms with Gasteiger partial charge in [-0.2, -0.15) is 10.2 Å². The maximum atomic E-state index is 13.0. The number of pyridine rings is 1. The normalized spacial score (nSPS) is 10.8. The number of methoxy groups -OCH3 is 2. The highest BCUT2D eigenvalue weighted by atomic mass is 16.5. The van der Waals surface area contributed by atoms with E-state index in [1.165, 1.54) is 10.9 Å². The van der Waals surface area contributed by atoms with Gasteiger partial charge in [-0.25, -0.2) is 9.31 Å². The molecule has 0 aliphatic carbocycles. The van der Waals surface area contributed by atoms with Crippen LogP contribution in [0.15, 0.2) is 48.8 Å². The van der Waals surface area contributed by atoms with Gasteiger partial charge in [0.1, 0.15) is 22.8 Å². The Morgan fingerprint density at radius 3 is 2.64 bits per heavy atom. The molecule has 0 radical (unpaired) electrons. The van der Waals surface area contributed by atoms with E-state index in [4.69, 9.17) is 14.2 Å². The minimum absolute atomic E-state index is 0.257. The number of anilines is 1. The van der Waals surface area contributed by atoms with Gasteiger partial charge < -0.3 is 19.5 Å². The minimum Gasteiger partial charge on any atom is -0.497 e. The molecule has 33 heavy (non-hydrogen) atoms. The molecule has 0 aliphatic rings. The molecular formula is C23H23N5O5. The van der Waals surface area contributed by atoms with Crippen molar-refractivity contribution in [1.29, 1.82) is 0 Å². The van der Waals surface area contributed by atoms with Crippen molar-refractivity contribution in [2.75, 3.05) is 26.1 Å². The maximum Gasteiger partial charge on any atom is 0.341 e. The third kappa shape index (κ3) is 4.22. The lowest BCUT2D eigenvalue weighted by atomic mass is 10.1. The quantitative estimate of drug-likeness (QED) is 0.432. The van der Waals surface area contributed by atoms with E-state index in [1.54, 1.807) is 75.3 Å². The Kier molecular flexibility index (Phi) is 5.99. The zero-order chi connectivity index (χ0) is 23.5. The van der Waals surface area contributed by atoms with Gasteiger partial charge in [-0.15, -0.1) is 0 Å². The van der Waals surface area contributed by atoms with Gasteiger partial charge in [-0.3, -0.25) is 9.48 Å². The second-order valence-electron chi connectivity index (χ2n) is 7.08. The number of benzene rings is 1. The largest absolute Gasteiger partial charge is 0.497 e. The molecule has 0 saturated heterocycles. The fourth-order valence-corrected chi connectivity index (χ4v) is 3.45. The molecule has 0 fully saturated rings. The summed E-state index contributed by atoms with van der Waals surface area (Å²) in [5, 5.41) is 11.5. The van der Waals surface area contributed by atoms with Crippen molar-refractivity contribution in [3.63, 3.8) is 0 Å². The van der Waals surface area contributed by atoms with Crippen LogP contribution >= 0.6 is 0 Å². The van der Waals surface area contributed by atoms with Crippen LogP contribution in [-0.4, -0.2) is 52.1 Å². The third-order valence-corrected chi connectivity index (χ3v) is 5.07. The summed E-state index contributed by atoms with van der Waals surface area (Å²) < 4.78 is 18.8. The molecule has 3 aromatic heterocycles. The van der Waals surface area contributed by atoms with E-state index in [2.05, 4.69) is 15.5 Å². The van der Waals surface area contributed by atoms with Crippen molar-refractivity contribution in [3.05, 3.63) is 60.0 Å². The van der Waals surface area contributed by atoms with Crippen LogP contribution in [0.4, 0.5) is 5.69 Å². The first kappa shape index (κ1) is 21.9. The molecular weight excluding hydrogens is 426 g/mol. The fraction of sp³-hybridized carbons (Fsp3) is 0.217. The van der Waals surface area contributed by atoms with Gasteiger partial charge in [0.2, 0.25) is 0 Å². The van der Waals surface area contributed by atoms with Crippen molar-refractivity contribution in [2.24, 2.45) is 7.05 Å². The maximum absolute atomic E-state index is 13.0. The first-order valence-corrected chi connectivity index (χ1v) is 10.2. The van der Waals surface area contributed by atoms with Crippen molar-refractivity contribution in [1.82, 2.24) is 19.4 Å². The van der Waals surface area contributed by atoms with E-state index < -0.39 is 5.97 Å². The molecule has 0 bridgehead atoms. The second-order valence-corrected chi connectivity index (χ2v) is 7.08. The molecule has 0 atom stereocenters. The van der Waals surface area contributed by atoms with E-state index in [-0.39, 0.29) is 12.5 Å². The lowest BCUT2D eigenvalue weighted by Crippen LogP contribution is -2.16. The van der Waals surface area contributed by atoms with E-state index in [0.717, 1.165) is 0 Å². The molecule has 1 N–H and O–H groups in total. The monoisotopic (exact) mass is 449 g/mol. The van der Waals surface area contributed by atoms with Gasteiger partial charge in [-0.05, 0) is 43.3 Å². The molecule has 0 unspecified atom stereocenters. The highest BCUT2D eigenvalue weighted by molar-refractivity contribution is 6.04. The number of fused-ring (bicyclic) bond motifs is 1. The average Bonchev–Trinajstić information content (AvgIpc) is 3.42. The van der Waals surface area contributed by atoms with Crippen LogP contribution in [0.25, 0.3) is 16.8 Å². The van der Waals surface area contributed by atoms with Crippen molar-refractivity contribution in [2.45, 2.75) is 6.92 Å². The topological polar surface area (TPSA) is 109 Å². The molecule has 3 heterocycles. The van der Waals surface area contributed by atoms with Crippen LogP contribution in [0.2, 0.25) is 0 Å². The third-order valence-electron chi connectivity index (χ3n) is 5.07. The van der Waals surface area contributed by atoms with E-state index in [1.807, 2.05) is 0 Å². The van der Waals surface area contributed by atoms with E-state index in [9.17, 15) is 9.59 Å². The summed E-state index contributed by atoms with van der Waals surface area (Å²) in [6.07, 6.45) is 3.09. The van der Waals surface area contributed by atoms with Gasteiger partial charge in [0.15, 0.2) is 0 Å². The predicted molar refractivity (Wildman–Crippen MR) is 121 cm³/mol. The Morgan fingerprint density at radius 1 is 1.09 bits per heavy atom. The molecule has 1 aromatic carbocycles. The minimum atomic E-state index is -0.473. The zero-order valence-electron chi connectivity index (χ0n) is 18.7. The summed E-state index contributed by atoms with van der Waals surface area (Å²) in [5.41, 5.74) is 2.95. The van der Waals surface area contributed by atoms with Crippen molar-refractivity contribution < 1.29 is 23.8 Å². The summed E-state index contributed by atoms with van der Waals surface area (Å²) in [6, 6.07) is 10.4. The first-order valence-electron chi connectivity index (χ1n) is 10.2. The number of carbonyl (C=O) groups excluding carboxylic acids is 2. The lowest BCUT2D eigenvalue weighted by Gasteiger charge is -2.08. The molecule has 0 spiro atoms. The van der Waals surface area contributed by atoms with Gasteiger partial charge >= 0.3 is 5.97 Å². The summed E-state index contributed by atoms with van der Waals surface area (Å²) in [4.78, 5) is 25.2. The van der Waals surface area contributed by atoms with Crippen LogP contribution < -0.4 is 14.8 Å². The molecule has 10 heteroatoms. The van der Waals surface area contributed by atoms with Crippen LogP contribution in [-0.2, 0) is 11.8 Å². The Hall–Kier alpha value is -4.34. The number of rotatable bonds is 7. The van der Waals surface area contributed by atoms with Crippen molar-refractivity contribution >= 4 is 23.1 Å². The number of nitrogens with one attached hydrogen (secondary N) is 1. The smallest absolute Gasteiger partial charge is 0.341 e. The summed E-state index contributed by atoms with van der Waals surface area (Å²) in [7, 11) is 4.83. The molecule has 0 aliphatic heterocycles. The number of esters is 1.